The minimum absolute atomic E-state index is 0.135. The van der Waals surface area contributed by atoms with Crippen molar-refractivity contribution in [2.75, 3.05) is 13.1 Å². The Kier molecular flexibility index (Phi) is 4.89. The summed E-state index contributed by atoms with van der Waals surface area (Å²) in [5.41, 5.74) is 5.99. The number of nitrogens with two attached hydrogens (primary N) is 1. The summed E-state index contributed by atoms with van der Waals surface area (Å²) in [6.07, 6.45) is 0. The number of sulfonamides is 1. The minimum Gasteiger partial charge on any atom is -0.369 e. The van der Waals surface area contributed by atoms with Crippen molar-refractivity contribution in [2.24, 2.45) is 5.73 Å². The third-order valence-corrected chi connectivity index (χ3v) is 5.29. The van der Waals surface area contributed by atoms with Gasteiger partial charge in [-0.2, -0.15) is 4.31 Å². The van der Waals surface area contributed by atoms with Gasteiger partial charge in [-0.05, 0) is 40.5 Å². The number of nitrogens with zero attached hydrogens (tertiary/aromatic N) is 1. The van der Waals surface area contributed by atoms with Crippen molar-refractivity contribution in [3.05, 3.63) is 28.2 Å². The van der Waals surface area contributed by atoms with E-state index in [1.807, 2.05) is 6.92 Å². The molecule has 2 N–H and O–H groups in total. The highest BCUT2D eigenvalue weighted by Gasteiger charge is 2.26. The molecule has 100 valence electrons. The van der Waals surface area contributed by atoms with E-state index in [2.05, 4.69) is 15.9 Å². The molecule has 0 atom stereocenters. The van der Waals surface area contributed by atoms with Gasteiger partial charge in [0.25, 0.3) is 0 Å². The van der Waals surface area contributed by atoms with Crippen LogP contribution in [-0.4, -0.2) is 31.7 Å². The lowest BCUT2D eigenvalue weighted by molar-refractivity contribution is -0.118. The standard InChI is InChI=1S/C11H15BrN2O3S/c1-3-14(7-11(13)15)18(16,17)10-5-4-8(2)6-9(10)12/h4-6H,3,7H2,1-2H3,(H2,13,15). The van der Waals surface area contributed by atoms with Gasteiger partial charge in [0.05, 0.1) is 11.4 Å². The van der Waals surface area contributed by atoms with Crippen molar-refractivity contribution in [1.82, 2.24) is 4.31 Å². The smallest absolute Gasteiger partial charge is 0.244 e. The van der Waals surface area contributed by atoms with Gasteiger partial charge in [0.2, 0.25) is 15.9 Å². The van der Waals surface area contributed by atoms with Crippen LogP contribution < -0.4 is 5.73 Å². The number of hydrogen-bond acceptors (Lipinski definition) is 3. The summed E-state index contributed by atoms with van der Waals surface area (Å²) in [4.78, 5) is 11.0. The highest BCUT2D eigenvalue weighted by atomic mass is 79.9. The summed E-state index contributed by atoms with van der Waals surface area (Å²) in [6.45, 7) is 3.38. The Hall–Kier alpha value is -0.920. The van der Waals surface area contributed by atoms with E-state index in [-0.39, 0.29) is 18.0 Å². The summed E-state index contributed by atoms with van der Waals surface area (Å²) in [5, 5.41) is 0. The average Bonchev–Trinajstić information content (AvgIpc) is 2.24. The predicted molar refractivity (Wildman–Crippen MR) is 72.5 cm³/mol. The summed E-state index contributed by atoms with van der Waals surface area (Å²) >= 11 is 3.22. The molecule has 0 unspecified atom stereocenters. The van der Waals surface area contributed by atoms with E-state index in [1.165, 1.54) is 6.07 Å². The van der Waals surface area contributed by atoms with E-state index in [0.29, 0.717) is 4.47 Å². The summed E-state index contributed by atoms with van der Waals surface area (Å²) in [5.74, 6) is -0.677. The van der Waals surface area contributed by atoms with Crippen LogP contribution in [0.4, 0.5) is 0 Å². The normalized spacial score (nSPS) is 11.8. The van der Waals surface area contributed by atoms with Crippen molar-refractivity contribution < 1.29 is 13.2 Å². The molecule has 0 saturated carbocycles. The van der Waals surface area contributed by atoms with Gasteiger partial charge in [-0.3, -0.25) is 4.79 Å². The topological polar surface area (TPSA) is 80.5 Å². The number of primary amides is 1. The number of halogens is 1. The first-order valence-electron chi connectivity index (χ1n) is 5.33. The van der Waals surface area contributed by atoms with Crippen LogP contribution in [0.5, 0.6) is 0 Å². The zero-order valence-electron chi connectivity index (χ0n) is 10.2. The van der Waals surface area contributed by atoms with Gasteiger partial charge < -0.3 is 5.73 Å². The first-order valence-corrected chi connectivity index (χ1v) is 7.57. The van der Waals surface area contributed by atoms with Gasteiger partial charge in [0.1, 0.15) is 0 Å². The van der Waals surface area contributed by atoms with Crippen LogP contribution in [0.15, 0.2) is 27.6 Å². The van der Waals surface area contributed by atoms with E-state index < -0.39 is 15.9 Å². The molecule has 18 heavy (non-hydrogen) atoms. The lowest BCUT2D eigenvalue weighted by Crippen LogP contribution is -2.38. The Balaban J connectivity index is 3.23. The molecule has 0 aliphatic rings. The summed E-state index contributed by atoms with van der Waals surface area (Å²) in [6, 6.07) is 4.93. The molecule has 5 nitrogen and oxygen atoms in total. The SMILES string of the molecule is CCN(CC(N)=O)S(=O)(=O)c1ccc(C)cc1Br. The van der Waals surface area contributed by atoms with Crippen LogP contribution in [0.3, 0.4) is 0 Å². The van der Waals surface area contributed by atoms with Crippen LogP contribution in [-0.2, 0) is 14.8 Å². The maximum absolute atomic E-state index is 12.3. The van der Waals surface area contributed by atoms with Gasteiger partial charge in [0, 0.05) is 11.0 Å². The fourth-order valence-corrected chi connectivity index (χ4v) is 4.06. The number of carbonyl (C=O) groups excluding carboxylic acids is 1. The zero-order valence-corrected chi connectivity index (χ0v) is 12.6. The molecule has 7 heteroatoms. The number of likely N-dealkylation sites (N-methyl/N-ethyl adjacent to an activating group) is 1. The van der Waals surface area contributed by atoms with Crippen molar-refractivity contribution in [2.45, 2.75) is 18.7 Å². The van der Waals surface area contributed by atoms with E-state index in [4.69, 9.17) is 5.73 Å². The Bertz CT molecular complexity index is 557. The first kappa shape index (κ1) is 15.1. The van der Waals surface area contributed by atoms with Gasteiger partial charge in [0.15, 0.2) is 0 Å². The van der Waals surface area contributed by atoms with Gasteiger partial charge in [-0.15, -0.1) is 0 Å². The zero-order chi connectivity index (χ0) is 13.9. The quantitative estimate of drug-likeness (QED) is 0.879. The van der Waals surface area contributed by atoms with E-state index in [9.17, 15) is 13.2 Å². The average molecular weight is 335 g/mol. The molecule has 1 amide bonds. The predicted octanol–water partition coefficient (Wildman–Crippen LogP) is 1.25. The van der Waals surface area contributed by atoms with Crippen LogP contribution in [0, 0.1) is 6.92 Å². The van der Waals surface area contributed by atoms with Crippen LogP contribution in [0.1, 0.15) is 12.5 Å². The number of hydrogen-bond donors (Lipinski definition) is 1. The van der Waals surface area contributed by atoms with Gasteiger partial charge in [-0.1, -0.05) is 13.0 Å². The molecule has 0 fully saturated rings. The van der Waals surface area contributed by atoms with Crippen LogP contribution >= 0.6 is 15.9 Å². The second-order valence-corrected chi connectivity index (χ2v) is 6.59. The lowest BCUT2D eigenvalue weighted by atomic mass is 10.2. The number of rotatable bonds is 5. The van der Waals surface area contributed by atoms with Crippen molar-refractivity contribution in [3.63, 3.8) is 0 Å². The molecule has 1 aromatic carbocycles. The summed E-state index contributed by atoms with van der Waals surface area (Å²) < 4.78 is 26.2. The monoisotopic (exact) mass is 334 g/mol. The maximum atomic E-state index is 12.3. The minimum atomic E-state index is -3.71. The molecule has 0 aromatic heterocycles. The molecule has 1 rings (SSSR count). The van der Waals surface area contributed by atoms with Crippen molar-refractivity contribution >= 4 is 31.9 Å². The maximum Gasteiger partial charge on any atom is 0.244 e. The van der Waals surface area contributed by atoms with Crippen molar-refractivity contribution in [3.8, 4) is 0 Å². The van der Waals surface area contributed by atoms with E-state index in [0.717, 1.165) is 9.87 Å². The molecule has 0 saturated heterocycles. The van der Waals surface area contributed by atoms with Crippen LogP contribution in [0.25, 0.3) is 0 Å². The Labute approximate surface area is 115 Å². The fraction of sp³-hybridized carbons (Fsp3) is 0.364. The van der Waals surface area contributed by atoms with Gasteiger partial charge >= 0.3 is 0 Å². The largest absolute Gasteiger partial charge is 0.369 e. The molecular formula is C11H15BrN2O3S. The molecule has 0 aliphatic heterocycles. The Morgan fingerprint density at radius 3 is 2.50 bits per heavy atom. The number of carbonyl (C=O) groups is 1. The van der Waals surface area contributed by atoms with E-state index >= 15 is 0 Å². The second-order valence-electron chi connectivity index (χ2n) is 3.83. The molecule has 0 heterocycles. The third-order valence-electron chi connectivity index (χ3n) is 2.39. The molecule has 0 bridgehead atoms. The lowest BCUT2D eigenvalue weighted by Gasteiger charge is -2.19. The molecule has 1 aromatic rings. The highest BCUT2D eigenvalue weighted by Crippen LogP contribution is 2.25. The van der Waals surface area contributed by atoms with Crippen molar-refractivity contribution in [1.29, 1.82) is 0 Å². The fourth-order valence-electron chi connectivity index (χ4n) is 1.49. The number of benzene rings is 1. The molecular weight excluding hydrogens is 320 g/mol. The number of amides is 1. The third kappa shape index (κ3) is 3.30. The van der Waals surface area contributed by atoms with E-state index in [1.54, 1.807) is 19.1 Å². The highest BCUT2D eigenvalue weighted by molar-refractivity contribution is 9.10. The molecule has 0 spiro atoms. The second kappa shape index (κ2) is 5.81. The van der Waals surface area contributed by atoms with Crippen LogP contribution in [0.2, 0.25) is 0 Å². The van der Waals surface area contributed by atoms with Gasteiger partial charge in [-0.25, -0.2) is 8.42 Å². The summed E-state index contributed by atoms with van der Waals surface area (Å²) in [7, 11) is -3.71. The molecule has 0 aliphatic carbocycles. The first-order chi connectivity index (χ1) is 8.28. The Morgan fingerprint density at radius 1 is 1.44 bits per heavy atom. The molecule has 0 radical (unpaired) electrons. The number of aryl methyl sites for hydroxylation is 1. The Morgan fingerprint density at radius 2 is 2.06 bits per heavy atom.